The van der Waals surface area contributed by atoms with Crippen LogP contribution in [0, 0.1) is 6.92 Å². The monoisotopic (exact) mass is 534 g/mol. The summed E-state index contributed by atoms with van der Waals surface area (Å²) in [6.07, 6.45) is -8.44. The van der Waals surface area contributed by atoms with E-state index >= 15 is 0 Å². The fraction of sp³-hybridized carbons (Fsp3) is 0.182. The lowest BCUT2D eigenvalue weighted by atomic mass is 10.1. The lowest BCUT2D eigenvalue weighted by molar-refractivity contribution is -0.274. The summed E-state index contributed by atoms with van der Waals surface area (Å²) in [6.45, 7) is 1.35. The first kappa shape index (κ1) is 26.8. The number of hydrogen-bond donors (Lipinski definition) is 1. The van der Waals surface area contributed by atoms with Crippen LogP contribution in [-0.4, -0.2) is 31.9 Å². The van der Waals surface area contributed by atoms with E-state index in [1.54, 1.807) is 0 Å². The maximum atomic E-state index is 13.3. The second-order valence-corrected chi connectivity index (χ2v) is 9.42. The van der Waals surface area contributed by atoms with Crippen LogP contribution in [0.4, 0.5) is 32.0 Å². The first-order valence-corrected chi connectivity index (χ1v) is 11.6. The molecule has 0 saturated carbocycles. The highest BCUT2D eigenvalue weighted by atomic mass is 32.2. The Morgan fingerprint density at radius 1 is 1.00 bits per heavy atom. The van der Waals surface area contributed by atoms with Crippen LogP contribution in [0.1, 0.15) is 21.5 Å². The Balaban J connectivity index is 1.97. The molecule has 7 nitrogen and oxygen atoms in total. The van der Waals surface area contributed by atoms with E-state index in [1.165, 1.54) is 25.1 Å². The molecule has 1 amide bonds. The predicted octanol–water partition coefficient (Wildman–Crippen LogP) is 5.76. The molecular formula is C22H16F6N2O5S. The number of aryl methyl sites for hydroxylation is 1. The van der Waals surface area contributed by atoms with Crippen LogP contribution in [0.25, 0.3) is 0 Å². The third-order valence-corrected chi connectivity index (χ3v) is 5.64. The van der Waals surface area contributed by atoms with Crippen molar-refractivity contribution >= 4 is 21.4 Å². The van der Waals surface area contributed by atoms with Crippen LogP contribution in [0.15, 0.2) is 59.6 Å². The number of nitrogens with one attached hydrogen (secondary N) is 1. The molecule has 192 valence electrons. The standard InChI is InChI=1S/C22H16F6N2O5S/c1-12-8-15(35-22(26,27)28)6-7-18(12)34-20-17(9-13(11-29-20)21(23,24)25)19(31)30-14-4-3-5-16(10-14)36(2,32)33/h3-11H,1-2H3,(H,30,31). The van der Waals surface area contributed by atoms with E-state index in [-0.39, 0.29) is 21.9 Å². The quantitative estimate of drug-likeness (QED) is 0.405. The van der Waals surface area contributed by atoms with Gasteiger partial charge in [-0.1, -0.05) is 6.07 Å². The van der Waals surface area contributed by atoms with Gasteiger partial charge in [0, 0.05) is 18.1 Å². The van der Waals surface area contributed by atoms with Crippen molar-refractivity contribution in [1.82, 2.24) is 4.98 Å². The Morgan fingerprint density at radius 3 is 2.28 bits per heavy atom. The van der Waals surface area contributed by atoms with Gasteiger partial charge in [-0.3, -0.25) is 4.79 Å². The molecule has 0 aliphatic heterocycles. The number of alkyl halides is 6. The fourth-order valence-corrected chi connectivity index (χ4v) is 3.56. The van der Waals surface area contributed by atoms with Crippen LogP contribution in [-0.2, 0) is 16.0 Å². The zero-order valence-electron chi connectivity index (χ0n) is 18.4. The molecule has 0 spiro atoms. The van der Waals surface area contributed by atoms with Crippen LogP contribution >= 0.6 is 0 Å². The molecule has 14 heteroatoms. The topological polar surface area (TPSA) is 94.6 Å². The van der Waals surface area contributed by atoms with Crippen molar-refractivity contribution in [2.45, 2.75) is 24.4 Å². The summed E-state index contributed by atoms with van der Waals surface area (Å²) in [7, 11) is -3.64. The number of nitrogens with zero attached hydrogens (tertiary/aromatic N) is 1. The van der Waals surface area contributed by atoms with Crippen LogP contribution < -0.4 is 14.8 Å². The highest BCUT2D eigenvalue weighted by Gasteiger charge is 2.33. The molecule has 36 heavy (non-hydrogen) atoms. The number of halogens is 6. The summed E-state index contributed by atoms with van der Waals surface area (Å²) in [6, 6.07) is 8.44. The van der Waals surface area contributed by atoms with E-state index in [0.717, 1.165) is 30.5 Å². The number of pyridine rings is 1. The molecule has 3 aromatic rings. The Labute approximate surface area is 200 Å². The van der Waals surface area contributed by atoms with Crippen LogP contribution in [0.3, 0.4) is 0 Å². The molecule has 0 aliphatic rings. The van der Waals surface area contributed by atoms with E-state index in [0.29, 0.717) is 12.3 Å². The van der Waals surface area contributed by atoms with Gasteiger partial charge in [-0.05, 0) is 55.0 Å². The number of aromatic nitrogens is 1. The van der Waals surface area contributed by atoms with Gasteiger partial charge in [-0.2, -0.15) is 13.2 Å². The van der Waals surface area contributed by atoms with Crippen molar-refractivity contribution in [3.8, 4) is 17.4 Å². The molecule has 0 saturated heterocycles. The molecule has 0 radical (unpaired) electrons. The van der Waals surface area contributed by atoms with Gasteiger partial charge in [-0.25, -0.2) is 13.4 Å². The summed E-state index contributed by atoms with van der Waals surface area (Å²) < 4.78 is 110. The Morgan fingerprint density at radius 2 is 1.69 bits per heavy atom. The van der Waals surface area contributed by atoms with Crippen molar-refractivity contribution in [3.05, 3.63) is 71.4 Å². The van der Waals surface area contributed by atoms with Crippen LogP contribution in [0.5, 0.6) is 17.4 Å². The molecule has 1 heterocycles. The van der Waals surface area contributed by atoms with Gasteiger partial charge in [-0.15, -0.1) is 13.2 Å². The average molecular weight is 534 g/mol. The Bertz CT molecular complexity index is 1400. The summed E-state index contributed by atoms with van der Waals surface area (Å²) in [5.74, 6) is -2.35. The van der Waals surface area contributed by atoms with Crippen LogP contribution in [0.2, 0.25) is 0 Å². The molecular weight excluding hydrogens is 518 g/mol. The SMILES string of the molecule is Cc1cc(OC(F)(F)F)ccc1Oc1ncc(C(F)(F)F)cc1C(=O)Nc1cccc(S(C)(=O)=O)c1. The van der Waals surface area contributed by atoms with Gasteiger partial charge in [0.1, 0.15) is 17.1 Å². The molecule has 2 aromatic carbocycles. The van der Waals surface area contributed by atoms with Gasteiger partial charge in [0.25, 0.3) is 5.91 Å². The van der Waals surface area contributed by atoms with E-state index in [4.69, 9.17) is 4.74 Å². The number of carbonyl (C=O) groups excluding carboxylic acids is 1. The van der Waals surface area contributed by atoms with Crippen molar-refractivity contribution in [1.29, 1.82) is 0 Å². The van der Waals surface area contributed by atoms with Gasteiger partial charge in [0.2, 0.25) is 5.88 Å². The lowest BCUT2D eigenvalue weighted by Gasteiger charge is -2.15. The van der Waals surface area contributed by atoms with Gasteiger partial charge >= 0.3 is 12.5 Å². The average Bonchev–Trinajstić information content (AvgIpc) is 2.73. The lowest BCUT2D eigenvalue weighted by Crippen LogP contribution is -2.17. The second-order valence-electron chi connectivity index (χ2n) is 7.41. The van der Waals surface area contributed by atoms with E-state index in [9.17, 15) is 39.6 Å². The summed E-state index contributed by atoms with van der Waals surface area (Å²) >= 11 is 0. The second kappa shape index (κ2) is 9.68. The van der Waals surface area contributed by atoms with Crippen molar-refractivity contribution in [2.24, 2.45) is 0 Å². The Kier molecular flexibility index (Phi) is 7.20. The number of rotatable bonds is 6. The maximum Gasteiger partial charge on any atom is 0.573 e. The third kappa shape index (κ3) is 6.87. The molecule has 0 atom stereocenters. The number of benzene rings is 2. The zero-order valence-corrected chi connectivity index (χ0v) is 19.2. The van der Waals surface area contributed by atoms with Gasteiger partial charge in [0.05, 0.1) is 10.5 Å². The summed E-state index contributed by atoms with van der Waals surface area (Å²) in [5, 5.41) is 2.29. The molecule has 0 unspecified atom stereocenters. The van der Waals surface area contributed by atoms with Crippen molar-refractivity contribution < 1.29 is 49.0 Å². The zero-order chi connectivity index (χ0) is 26.9. The predicted molar refractivity (Wildman–Crippen MR) is 115 cm³/mol. The molecule has 0 fully saturated rings. The third-order valence-electron chi connectivity index (χ3n) is 4.53. The van der Waals surface area contributed by atoms with E-state index < -0.39 is 51.0 Å². The number of sulfone groups is 1. The minimum Gasteiger partial charge on any atom is -0.438 e. The summed E-state index contributed by atoms with van der Waals surface area (Å²) in [4.78, 5) is 16.3. The maximum absolute atomic E-state index is 13.3. The number of ether oxygens (including phenoxy) is 2. The minimum atomic E-state index is -4.94. The van der Waals surface area contributed by atoms with Gasteiger partial charge < -0.3 is 14.8 Å². The number of carbonyl (C=O) groups is 1. The van der Waals surface area contributed by atoms with E-state index in [1.807, 2.05) is 0 Å². The molecule has 0 aliphatic carbocycles. The first-order valence-electron chi connectivity index (χ1n) is 9.76. The fourth-order valence-electron chi connectivity index (χ4n) is 2.89. The largest absolute Gasteiger partial charge is 0.573 e. The van der Waals surface area contributed by atoms with Crippen molar-refractivity contribution in [2.75, 3.05) is 11.6 Å². The normalized spacial score (nSPS) is 12.2. The molecule has 3 rings (SSSR count). The van der Waals surface area contributed by atoms with Crippen molar-refractivity contribution in [3.63, 3.8) is 0 Å². The summed E-state index contributed by atoms with van der Waals surface area (Å²) in [5.41, 5.74) is -1.86. The molecule has 1 N–H and O–H groups in total. The van der Waals surface area contributed by atoms with E-state index in [2.05, 4.69) is 15.0 Å². The smallest absolute Gasteiger partial charge is 0.438 e. The number of anilines is 1. The molecule has 0 bridgehead atoms. The van der Waals surface area contributed by atoms with Gasteiger partial charge in [0.15, 0.2) is 9.84 Å². The highest BCUT2D eigenvalue weighted by molar-refractivity contribution is 7.90. The Hall–Kier alpha value is -3.81. The number of amides is 1. The molecule has 1 aromatic heterocycles. The highest BCUT2D eigenvalue weighted by Crippen LogP contribution is 2.35. The number of hydrogen-bond acceptors (Lipinski definition) is 6. The first-order chi connectivity index (χ1) is 16.5. The minimum absolute atomic E-state index is 0.0314.